The molecule has 1 aromatic carbocycles. The van der Waals surface area contributed by atoms with E-state index in [2.05, 4.69) is 20.6 Å². The van der Waals surface area contributed by atoms with Crippen LogP contribution in [0.4, 0.5) is 11.8 Å². The molecule has 0 amide bonds. The van der Waals surface area contributed by atoms with Gasteiger partial charge in [-0.15, -0.1) is 0 Å². The summed E-state index contributed by atoms with van der Waals surface area (Å²) in [5.74, 6) is 1.44. The van der Waals surface area contributed by atoms with Gasteiger partial charge in [0, 0.05) is 29.9 Å². The molecule has 0 saturated carbocycles. The molecule has 1 aromatic heterocycles. The molecule has 0 aliphatic carbocycles. The summed E-state index contributed by atoms with van der Waals surface area (Å²) in [6.07, 6.45) is 0. The van der Waals surface area contributed by atoms with Gasteiger partial charge < -0.3 is 10.6 Å². The van der Waals surface area contributed by atoms with Gasteiger partial charge in [0.15, 0.2) is 0 Å². The molecule has 2 N–H and O–H groups in total. The third-order valence-corrected chi connectivity index (χ3v) is 2.98. The number of nitrogens with zero attached hydrogens (tertiary/aromatic N) is 2. The third kappa shape index (κ3) is 3.83. The highest BCUT2D eigenvalue weighted by Crippen LogP contribution is 2.17. The van der Waals surface area contributed by atoms with Crippen molar-refractivity contribution in [3.8, 4) is 0 Å². The predicted octanol–water partition coefficient (Wildman–Crippen LogP) is 3.48. The summed E-state index contributed by atoms with van der Waals surface area (Å²) in [4.78, 5) is 8.70. The van der Waals surface area contributed by atoms with E-state index in [4.69, 9.17) is 11.6 Å². The van der Waals surface area contributed by atoms with Crippen molar-refractivity contribution in [1.82, 2.24) is 9.97 Å². The molecule has 1 heterocycles. The lowest BCUT2D eigenvalue weighted by molar-refractivity contribution is 1.03. The number of nitrogens with one attached hydrogen (secondary N) is 2. The molecule has 0 unspecified atom stereocenters. The number of anilines is 2. The number of benzene rings is 1. The van der Waals surface area contributed by atoms with Crippen molar-refractivity contribution in [2.24, 2.45) is 0 Å². The average molecular weight is 277 g/mol. The summed E-state index contributed by atoms with van der Waals surface area (Å²) in [5, 5.41) is 7.13. The van der Waals surface area contributed by atoms with Crippen molar-refractivity contribution in [3.63, 3.8) is 0 Å². The first kappa shape index (κ1) is 13.6. The van der Waals surface area contributed by atoms with Crippen molar-refractivity contribution in [2.75, 3.05) is 17.2 Å². The second kappa shape index (κ2) is 6.38. The topological polar surface area (TPSA) is 49.8 Å². The van der Waals surface area contributed by atoms with Crippen molar-refractivity contribution < 1.29 is 0 Å². The fourth-order valence-electron chi connectivity index (χ4n) is 1.72. The van der Waals surface area contributed by atoms with E-state index in [1.807, 2.05) is 44.2 Å². The normalized spacial score (nSPS) is 10.3. The van der Waals surface area contributed by atoms with Gasteiger partial charge in [-0.3, -0.25) is 0 Å². The Morgan fingerprint density at radius 1 is 1.16 bits per heavy atom. The maximum atomic E-state index is 6.12. The standard InChI is InChI=1S/C14H17ClN4/c1-3-16-14-18-10(2)8-13(19-14)17-9-11-6-4-5-7-12(11)15/h4-8H,3,9H2,1-2H3,(H2,16,17,18,19). The van der Waals surface area contributed by atoms with Crippen LogP contribution in [0.25, 0.3) is 0 Å². The Kier molecular flexibility index (Phi) is 4.58. The smallest absolute Gasteiger partial charge is 0.224 e. The van der Waals surface area contributed by atoms with E-state index in [1.54, 1.807) is 0 Å². The van der Waals surface area contributed by atoms with Crippen LogP contribution in [0.15, 0.2) is 30.3 Å². The molecule has 0 aliphatic rings. The van der Waals surface area contributed by atoms with Crippen molar-refractivity contribution >= 4 is 23.4 Å². The van der Waals surface area contributed by atoms with E-state index in [0.29, 0.717) is 12.5 Å². The van der Waals surface area contributed by atoms with E-state index >= 15 is 0 Å². The van der Waals surface area contributed by atoms with Gasteiger partial charge in [0.05, 0.1) is 0 Å². The van der Waals surface area contributed by atoms with Crippen LogP contribution in [0, 0.1) is 6.92 Å². The number of hydrogen-bond donors (Lipinski definition) is 2. The van der Waals surface area contributed by atoms with E-state index < -0.39 is 0 Å². The Hall–Kier alpha value is -1.81. The monoisotopic (exact) mass is 276 g/mol. The minimum atomic E-state index is 0.641. The Labute approximate surface area is 118 Å². The fourth-order valence-corrected chi connectivity index (χ4v) is 1.93. The van der Waals surface area contributed by atoms with Crippen molar-refractivity contribution in [1.29, 1.82) is 0 Å². The lowest BCUT2D eigenvalue weighted by Crippen LogP contribution is -2.07. The zero-order valence-electron chi connectivity index (χ0n) is 11.1. The number of aryl methyl sites for hydroxylation is 1. The van der Waals surface area contributed by atoms with E-state index in [-0.39, 0.29) is 0 Å². The van der Waals surface area contributed by atoms with Gasteiger partial charge in [-0.25, -0.2) is 4.98 Å². The predicted molar refractivity (Wildman–Crippen MR) is 79.7 cm³/mol. The maximum absolute atomic E-state index is 6.12. The number of rotatable bonds is 5. The van der Waals surface area contributed by atoms with Crippen LogP contribution in [0.5, 0.6) is 0 Å². The van der Waals surface area contributed by atoms with Crippen molar-refractivity contribution in [3.05, 3.63) is 46.6 Å². The molecule has 0 aliphatic heterocycles. The summed E-state index contributed by atoms with van der Waals surface area (Å²) in [7, 11) is 0. The lowest BCUT2D eigenvalue weighted by Gasteiger charge is -2.10. The van der Waals surface area contributed by atoms with Crippen LogP contribution in [0.3, 0.4) is 0 Å². The van der Waals surface area contributed by atoms with Crippen LogP contribution in [-0.4, -0.2) is 16.5 Å². The maximum Gasteiger partial charge on any atom is 0.224 e. The zero-order valence-corrected chi connectivity index (χ0v) is 11.8. The SMILES string of the molecule is CCNc1nc(C)cc(NCc2ccccc2Cl)n1. The minimum Gasteiger partial charge on any atom is -0.366 e. The molecule has 2 rings (SSSR count). The second-order valence-electron chi connectivity index (χ2n) is 4.19. The lowest BCUT2D eigenvalue weighted by atomic mass is 10.2. The molecule has 5 heteroatoms. The highest BCUT2D eigenvalue weighted by molar-refractivity contribution is 6.31. The third-order valence-electron chi connectivity index (χ3n) is 2.61. The molecular formula is C14H17ClN4. The molecular weight excluding hydrogens is 260 g/mol. The van der Waals surface area contributed by atoms with E-state index in [1.165, 1.54) is 0 Å². The fraction of sp³-hybridized carbons (Fsp3) is 0.286. The van der Waals surface area contributed by atoms with Gasteiger partial charge in [-0.2, -0.15) is 4.98 Å². The van der Waals surface area contributed by atoms with Gasteiger partial charge in [-0.1, -0.05) is 29.8 Å². The Morgan fingerprint density at radius 2 is 1.95 bits per heavy atom. The first-order valence-electron chi connectivity index (χ1n) is 6.26. The Balaban J connectivity index is 2.09. The first-order valence-corrected chi connectivity index (χ1v) is 6.63. The highest BCUT2D eigenvalue weighted by Gasteiger charge is 2.03. The molecule has 0 atom stereocenters. The molecule has 0 saturated heterocycles. The zero-order chi connectivity index (χ0) is 13.7. The summed E-state index contributed by atoms with van der Waals surface area (Å²) in [6, 6.07) is 9.68. The van der Waals surface area contributed by atoms with Crippen LogP contribution >= 0.6 is 11.6 Å². The second-order valence-corrected chi connectivity index (χ2v) is 4.60. The van der Waals surface area contributed by atoms with Crippen LogP contribution in [-0.2, 0) is 6.54 Å². The largest absolute Gasteiger partial charge is 0.366 e. The quantitative estimate of drug-likeness (QED) is 0.878. The molecule has 0 fully saturated rings. The highest BCUT2D eigenvalue weighted by atomic mass is 35.5. The number of halogens is 1. The van der Waals surface area contributed by atoms with Crippen LogP contribution < -0.4 is 10.6 Å². The van der Waals surface area contributed by atoms with Gasteiger partial charge >= 0.3 is 0 Å². The van der Waals surface area contributed by atoms with E-state index in [0.717, 1.165) is 28.6 Å². The Morgan fingerprint density at radius 3 is 2.68 bits per heavy atom. The van der Waals surface area contributed by atoms with Gasteiger partial charge in [0.2, 0.25) is 5.95 Å². The van der Waals surface area contributed by atoms with E-state index in [9.17, 15) is 0 Å². The molecule has 2 aromatic rings. The molecule has 0 radical (unpaired) electrons. The Bertz CT molecular complexity index is 557. The molecule has 4 nitrogen and oxygen atoms in total. The molecule has 19 heavy (non-hydrogen) atoms. The van der Waals surface area contributed by atoms with Gasteiger partial charge in [-0.05, 0) is 25.5 Å². The number of aromatic nitrogens is 2. The summed E-state index contributed by atoms with van der Waals surface area (Å²) >= 11 is 6.12. The minimum absolute atomic E-state index is 0.641. The molecule has 100 valence electrons. The van der Waals surface area contributed by atoms with Crippen LogP contribution in [0.2, 0.25) is 5.02 Å². The molecule has 0 bridgehead atoms. The number of hydrogen-bond acceptors (Lipinski definition) is 4. The molecule has 0 spiro atoms. The summed E-state index contributed by atoms with van der Waals surface area (Å²) < 4.78 is 0. The van der Waals surface area contributed by atoms with Gasteiger partial charge in [0.25, 0.3) is 0 Å². The summed E-state index contributed by atoms with van der Waals surface area (Å²) in [5.41, 5.74) is 1.97. The van der Waals surface area contributed by atoms with Crippen LogP contribution in [0.1, 0.15) is 18.2 Å². The average Bonchev–Trinajstić information content (AvgIpc) is 2.37. The summed E-state index contributed by atoms with van der Waals surface area (Å²) in [6.45, 7) is 5.40. The van der Waals surface area contributed by atoms with Crippen molar-refractivity contribution in [2.45, 2.75) is 20.4 Å². The van der Waals surface area contributed by atoms with Gasteiger partial charge in [0.1, 0.15) is 5.82 Å². The first-order chi connectivity index (χ1) is 9.19.